The van der Waals surface area contributed by atoms with E-state index in [1.807, 2.05) is 43.3 Å². The average Bonchev–Trinajstić information content (AvgIpc) is 2.74. The molecule has 0 fully saturated rings. The first-order valence-corrected chi connectivity index (χ1v) is 13.2. The third-order valence-electron chi connectivity index (χ3n) is 5.33. The van der Waals surface area contributed by atoms with Crippen LogP contribution in [0.5, 0.6) is 11.5 Å². The van der Waals surface area contributed by atoms with Gasteiger partial charge < -0.3 is 20.1 Å². The van der Waals surface area contributed by atoms with Gasteiger partial charge in [0.25, 0.3) is 11.8 Å². The number of carbonyl (C=O) groups is 2. The number of rotatable bonds is 9. The molecule has 192 valence electrons. The first-order chi connectivity index (χ1) is 16.2. The third kappa shape index (κ3) is 9.49. The zero-order chi connectivity index (χ0) is 26.4. The van der Waals surface area contributed by atoms with Gasteiger partial charge in [0.1, 0.15) is 11.5 Å². The summed E-state index contributed by atoms with van der Waals surface area (Å²) in [5.74, 6) is 0.677. The molecule has 2 amide bonds. The molecule has 8 heteroatoms. The lowest BCUT2D eigenvalue weighted by Gasteiger charge is -2.20. The number of amides is 2. The van der Waals surface area contributed by atoms with Crippen LogP contribution in [-0.2, 0) is 20.4 Å². The third-order valence-corrected chi connectivity index (χ3v) is 6.57. The fourth-order valence-electron chi connectivity index (χ4n) is 3.14. The van der Waals surface area contributed by atoms with Gasteiger partial charge in [-0.05, 0) is 85.0 Å². The molecule has 0 saturated carbocycles. The Morgan fingerprint density at radius 2 is 1.23 bits per heavy atom. The summed E-state index contributed by atoms with van der Waals surface area (Å²) < 4.78 is 12.9. The summed E-state index contributed by atoms with van der Waals surface area (Å²) in [7, 11) is 0. The largest absolute Gasteiger partial charge is 0.483 e. The minimum absolute atomic E-state index is 0.0245. The molecule has 2 aromatic carbocycles. The van der Waals surface area contributed by atoms with Gasteiger partial charge in [0.15, 0.2) is 13.2 Å². The molecular formula is C27H36Br2N2O4. The molecule has 35 heavy (non-hydrogen) atoms. The Kier molecular flexibility index (Phi) is 10.2. The monoisotopic (exact) mass is 610 g/mol. The summed E-state index contributed by atoms with van der Waals surface area (Å²) in [6.07, 6.45) is 0. The fraction of sp³-hybridized carbons (Fsp3) is 0.481. The SMILES string of the molecule is CC(CNC(=O)COc1ccc(C(C)(C)C)cc1Br)NC(=O)COc1ccc(C(C)(C)C)cc1Br. The van der Waals surface area contributed by atoms with E-state index in [9.17, 15) is 9.59 Å². The number of hydrogen-bond donors (Lipinski definition) is 2. The van der Waals surface area contributed by atoms with Crippen LogP contribution in [0.3, 0.4) is 0 Å². The predicted octanol–water partition coefficient (Wildman–Crippen LogP) is 5.89. The van der Waals surface area contributed by atoms with Crippen LogP contribution in [0, 0.1) is 0 Å². The van der Waals surface area contributed by atoms with Crippen molar-refractivity contribution in [3.8, 4) is 11.5 Å². The van der Waals surface area contributed by atoms with Gasteiger partial charge in [-0.1, -0.05) is 53.7 Å². The van der Waals surface area contributed by atoms with E-state index in [1.165, 1.54) is 11.1 Å². The lowest BCUT2D eigenvalue weighted by Crippen LogP contribution is -2.44. The summed E-state index contributed by atoms with van der Waals surface area (Å²) in [5, 5.41) is 5.60. The van der Waals surface area contributed by atoms with Crippen LogP contribution < -0.4 is 20.1 Å². The zero-order valence-electron chi connectivity index (χ0n) is 21.6. The maximum Gasteiger partial charge on any atom is 0.258 e. The van der Waals surface area contributed by atoms with E-state index < -0.39 is 0 Å². The summed E-state index contributed by atoms with van der Waals surface area (Å²) in [4.78, 5) is 24.5. The van der Waals surface area contributed by atoms with Crippen molar-refractivity contribution in [2.24, 2.45) is 0 Å². The molecule has 1 atom stereocenters. The summed E-state index contributed by atoms with van der Waals surface area (Å²) in [6.45, 7) is 14.7. The van der Waals surface area contributed by atoms with E-state index in [-0.39, 0.29) is 48.4 Å². The highest BCUT2D eigenvalue weighted by Gasteiger charge is 2.17. The van der Waals surface area contributed by atoms with Crippen molar-refractivity contribution in [3.05, 3.63) is 56.5 Å². The smallest absolute Gasteiger partial charge is 0.258 e. The van der Waals surface area contributed by atoms with Gasteiger partial charge in [-0.2, -0.15) is 0 Å². The van der Waals surface area contributed by atoms with Crippen LogP contribution in [0.1, 0.15) is 59.6 Å². The molecule has 0 aliphatic rings. The quantitative estimate of drug-likeness (QED) is 0.371. The maximum absolute atomic E-state index is 12.3. The van der Waals surface area contributed by atoms with Gasteiger partial charge in [0.05, 0.1) is 8.95 Å². The lowest BCUT2D eigenvalue weighted by molar-refractivity contribution is -0.125. The van der Waals surface area contributed by atoms with Crippen molar-refractivity contribution in [2.45, 2.75) is 65.3 Å². The van der Waals surface area contributed by atoms with E-state index >= 15 is 0 Å². The van der Waals surface area contributed by atoms with E-state index in [4.69, 9.17) is 9.47 Å². The lowest BCUT2D eigenvalue weighted by atomic mass is 9.87. The molecule has 6 nitrogen and oxygen atoms in total. The molecule has 2 rings (SSSR count). The second kappa shape index (κ2) is 12.3. The molecule has 0 saturated heterocycles. The molecule has 0 bridgehead atoms. The van der Waals surface area contributed by atoms with E-state index in [0.29, 0.717) is 11.5 Å². The van der Waals surface area contributed by atoms with E-state index in [2.05, 4.69) is 84.0 Å². The Balaban J connectivity index is 1.74. The van der Waals surface area contributed by atoms with Crippen molar-refractivity contribution in [1.29, 1.82) is 0 Å². The maximum atomic E-state index is 12.3. The molecule has 0 heterocycles. The van der Waals surface area contributed by atoms with Gasteiger partial charge in [-0.25, -0.2) is 0 Å². The molecule has 2 N–H and O–H groups in total. The number of nitrogens with one attached hydrogen (secondary N) is 2. The standard InChI is InChI=1S/C27H36Br2N2O4/c1-17(31-25(33)16-35-23-11-9-19(13-21(23)29)27(5,6)7)14-30-24(32)15-34-22-10-8-18(12-20(22)28)26(2,3)4/h8-13,17H,14-16H2,1-7H3,(H,30,32)(H,31,33). The summed E-state index contributed by atoms with van der Waals surface area (Å²) >= 11 is 7.02. The molecule has 1 unspecified atom stereocenters. The topological polar surface area (TPSA) is 76.7 Å². The Morgan fingerprint density at radius 3 is 1.63 bits per heavy atom. The van der Waals surface area contributed by atoms with Crippen LogP contribution in [0.4, 0.5) is 0 Å². The highest BCUT2D eigenvalue weighted by molar-refractivity contribution is 9.10. The van der Waals surface area contributed by atoms with Crippen LogP contribution in [0.15, 0.2) is 45.3 Å². The summed E-state index contributed by atoms with van der Waals surface area (Å²) in [6, 6.07) is 11.5. The minimum Gasteiger partial charge on any atom is -0.483 e. The average molecular weight is 612 g/mol. The Bertz CT molecular complexity index is 1040. The molecule has 2 aromatic rings. The molecule has 0 aliphatic heterocycles. The van der Waals surface area contributed by atoms with Crippen molar-refractivity contribution < 1.29 is 19.1 Å². The van der Waals surface area contributed by atoms with Crippen LogP contribution in [0.2, 0.25) is 0 Å². The highest BCUT2D eigenvalue weighted by atomic mass is 79.9. The second-order valence-corrected chi connectivity index (χ2v) is 12.3. The van der Waals surface area contributed by atoms with E-state index in [0.717, 1.165) is 8.95 Å². The minimum atomic E-state index is -0.267. The van der Waals surface area contributed by atoms with Gasteiger partial charge >= 0.3 is 0 Å². The number of hydrogen-bond acceptors (Lipinski definition) is 4. The Morgan fingerprint density at radius 1 is 0.800 bits per heavy atom. The molecule has 0 aliphatic carbocycles. The van der Waals surface area contributed by atoms with Crippen molar-refractivity contribution in [1.82, 2.24) is 10.6 Å². The molecule has 0 spiro atoms. The van der Waals surface area contributed by atoms with Gasteiger partial charge in [0.2, 0.25) is 0 Å². The number of benzene rings is 2. The van der Waals surface area contributed by atoms with Crippen LogP contribution in [-0.4, -0.2) is 37.6 Å². The number of carbonyl (C=O) groups excluding carboxylic acids is 2. The van der Waals surface area contributed by atoms with Crippen molar-refractivity contribution >= 4 is 43.7 Å². The second-order valence-electron chi connectivity index (χ2n) is 10.6. The van der Waals surface area contributed by atoms with Crippen molar-refractivity contribution in [3.63, 3.8) is 0 Å². The highest BCUT2D eigenvalue weighted by Crippen LogP contribution is 2.32. The zero-order valence-corrected chi connectivity index (χ0v) is 24.7. The van der Waals surface area contributed by atoms with Gasteiger partial charge in [-0.3, -0.25) is 9.59 Å². The van der Waals surface area contributed by atoms with E-state index in [1.54, 1.807) is 0 Å². The molecule has 0 aromatic heterocycles. The Labute approximate surface area is 225 Å². The summed E-state index contributed by atoms with van der Waals surface area (Å²) in [5.41, 5.74) is 2.39. The first kappa shape index (κ1) is 29.2. The fourth-order valence-corrected chi connectivity index (χ4v) is 4.13. The van der Waals surface area contributed by atoms with Gasteiger partial charge in [0, 0.05) is 12.6 Å². The van der Waals surface area contributed by atoms with Crippen LogP contribution in [0.25, 0.3) is 0 Å². The van der Waals surface area contributed by atoms with Crippen LogP contribution >= 0.6 is 31.9 Å². The first-order valence-electron chi connectivity index (χ1n) is 11.6. The van der Waals surface area contributed by atoms with Gasteiger partial charge in [-0.15, -0.1) is 0 Å². The predicted molar refractivity (Wildman–Crippen MR) is 147 cm³/mol. The molecular weight excluding hydrogens is 576 g/mol. The number of ether oxygens (including phenoxy) is 2. The Hall–Kier alpha value is -2.06. The number of halogens is 2. The van der Waals surface area contributed by atoms with Crippen molar-refractivity contribution in [2.75, 3.05) is 19.8 Å². The normalized spacial score (nSPS) is 12.6. The molecule has 0 radical (unpaired) electrons.